The minimum atomic E-state index is -3.68. The summed E-state index contributed by atoms with van der Waals surface area (Å²) in [7, 11) is -3.68. The average molecular weight is 346 g/mol. The molecule has 0 radical (unpaired) electrons. The maximum Gasteiger partial charge on any atom is 0.243 e. The van der Waals surface area contributed by atoms with Crippen molar-refractivity contribution in [1.82, 2.24) is 4.31 Å². The van der Waals surface area contributed by atoms with Crippen molar-refractivity contribution in [1.29, 1.82) is 0 Å². The van der Waals surface area contributed by atoms with Crippen LogP contribution in [0.15, 0.2) is 41.3 Å². The van der Waals surface area contributed by atoms with Crippen LogP contribution in [0.3, 0.4) is 0 Å². The van der Waals surface area contributed by atoms with Gasteiger partial charge in [0.05, 0.1) is 11.5 Å². The minimum Gasteiger partial charge on any atom is -0.395 e. The van der Waals surface area contributed by atoms with Gasteiger partial charge in [0.1, 0.15) is 0 Å². The van der Waals surface area contributed by atoms with Gasteiger partial charge < -0.3 is 5.11 Å². The van der Waals surface area contributed by atoms with Crippen LogP contribution in [0.2, 0.25) is 5.02 Å². The smallest absolute Gasteiger partial charge is 0.243 e. The normalized spacial score (nSPS) is 14.1. The fourth-order valence-corrected chi connectivity index (χ4v) is 3.93. The number of halogens is 1. The van der Waals surface area contributed by atoms with E-state index < -0.39 is 16.1 Å². The first kappa shape index (κ1) is 19.2. The van der Waals surface area contributed by atoms with Gasteiger partial charge in [0, 0.05) is 17.6 Å². The first-order valence-corrected chi connectivity index (χ1v) is 9.14. The molecular weight excluding hydrogens is 322 g/mol. The van der Waals surface area contributed by atoms with Crippen molar-refractivity contribution in [2.45, 2.75) is 38.1 Å². The van der Waals surface area contributed by atoms with E-state index in [4.69, 9.17) is 11.6 Å². The zero-order chi connectivity index (χ0) is 16.8. The van der Waals surface area contributed by atoms with Crippen LogP contribution >= 0.6 is 11.6 Å². The molecule has 0 bridgehead atoms. The van der Waals surface area contributed by atoms with Crippen molar-refractivity contribution >= 4 is 21.6 Å². The number of aliphatic hydroxyl groups excluding tert-OH is 1. The SMILES string of the molecule is C/C=C/CN(C(CO)CC(C)C)S(=O)(=O)c1ccc(Cl)cc1. The summed E-state index contributed by atoms with van der Waals surface area (Å²) in [6, 6.07) is 5.64. The van der Waals surface area contributed by atoms with Gasteiger partial charge in [-0.05, 0) is 43.5 Å². The number of hydrogen-bond acceptors (Lipinski definition) is 3. The first-order valence-electron chi connectivity index (χ1n) is 7.32. The molecule has 0 aromatic heterocycles. The lowest BCUT2D eigenvalue weighted by atomic mass is 10.0. The van der Waals surface area contributed by atoms with E-state index in [1.54, 1.807) is 24.3 Å². The van der Waals surface area contributed by atoms with Crippen molar-refractivity contribution in [3.8, 4) is 0 Å². The van der Waals surface area contributed by atoms with E-state index in [1.165, 1.54) is 16.4 Å². The Labute approximate surface area is 138 Å². The molecule has 0 saturated carbocycles. The van der Waals surface area contributed by atoms with E-state index in [-0.39, 0.29) is 24.0 Å². The number of hydrogen-bond donors (Lipinski definition) is 1. The van der Waals surface area contributed by atoms with Crippen LogP contribution in [0.1, 0.15) is 27.2 Å². The average Bonchev–Trinajstić information content (AvgIpc) is 2.46. The molecule has 0 aliphatic rings. The Balaban J connectivity index is 3.20. The number of allylic oxidation sites excluding steroid dienone is 1. The number of nitrogens with zero attached hydrogens (tertiary/aromatic N) is 1. The van der Waals surface area contributed by atoms with Crippen molar-refractivity contribution in [2.75, 3.05) is 13.2 Å². The molecule has 0 aliphatic carbocycles. The van der Waals surface area contributed by atoms with Gasteiger partial charge in [0.15, 0.2) is 0 Å². The van der Waals surface area contributed by atoms with Gasteiger partial charge in [0.25, 0.3) is 0 Å². The molecule has 0 amide bonds. The van der Waals surface area contributed by atoms with E-state index >= 15 is 0 Å². The summed E-state index contributed by atoms with van der Waals surface area (Å²) in [5.41, 5.74) is 0. The molecule has 1 unspecified atom stereocenters. The highest BCUT2D eigenvalue weighted by molar-refractivity contribution is 7.89. The number of sulfonamides is 1. The van der Waals surface area contributed by atoms with E-state index in [0.29, 0.717) is 11.4 Å². The fourth-order valence-electron chi connectivity index (χ4n) is 2.22. The quantitative estimate of drug-likeness (QED) is 0.735. The lowest BCUT2D eigenvalue weighted by molar-refractivity contribution is 0.175. The van der Waals surface area contributed by atoms with Crippen LogP contribution in [-0.4, -0.2) is 37.0 Å². The maximum atomic E-state index is 12.9. The van der Waals surface area contributed by atoms with Crippen LogP contribution in [0, 0.1) is 5.92 Å². The molecule has 1 aromatic carbocycles. The van der Waals surface area contributed by atoms with Crippen molar-refractivity contribution < 1.29 is 13.5 Å². The molecule has 1 aromatic rings. The summed E-state index contributed by atoms with van der Waals surface area (Å²) in [6.07, 6.45) is 4.17. The zero-order valence-electron chi connectivity index (χ0n) is 13.2. The Morgan fingerprint density at radius 2 is 1.86 bits per heavy atom. The second kappa shape index (κ2) is 8.67. The predicted octanol–water partition coefficient (Wildman–Crippen LogP) is 3.31. The third-order valence-corrected chi connectivity index (χ3v) is 5.49. The van der Waals surface area contributed by atoms with E-state index in [2.05, 4.69) is 0 Å². The zero-order valence-corrected chi connectivity index (χ0v) is 14.8. The number of benzene rings is 1. The third-order valence-electron chi connectivity index (χ3n) is 3.30. The summed E-state index contributed by atoms with van der Waals surface area (Å²) >= 11 is 5.82. The van der Waals surface area contributed by atoms with Gasteiger partial charge in [-0.25, -0.2) is 8.42 Å². The van der Waals surface area contributed by atoms with Gasteiger partial charge in [-0.1, -0.05) is 37.6 Å². The first-order chi connectivity index (χ1) is 10.3. The third kappa shape index (κ3) is 5.09. The highest BCUT2D eigenvalue weighted by atomic mass is 35.5. The van der Waals surface area contributed by atoms with Crippen LogP contribution in [-0.2, 0) is 10.0 Å². The molecule has 0 heterocycles. The molecule has 0 fully saturated rings. The van der Waals surface area contributed by atoms with Gasteiger partial charge in [-0.15, -0.1) is 0 Å². The highest BCUT2D eigenvalue weighted by Gasteiger charge is 2.30. The fraction of sp³-hybridized carbons (Fsp3) is 0.500. The molecule has 1 N–H and O–H groups in total. The van der Waals surface area contributed by atoms with Crippen LogP contribution in [0.5, 0.6) is 0 Å². The lowest BCUT2D eigenvalue weighted by Gasteiger charge is -2.30. The van der Waals surface area contributed by atoms with Gasteiger partial charge in [0.2, 0.25) is 10.0 Å². The molecule has 22 heavy (non-hydrogen) atoms. The van der Waals surface area contributed by atoms with E-state index in [0.717, 1.165) is 0 Å². The molecule has 0 spiro atoms. The van der Waals surface area contributed by atoms with Crippen LogP contribution < -0.4 is 0 Å². The molecule has 4 nitrogen and oxygen atoms in total. The summed E-state index contributed by atoms with van der Waals surface area (Å²) in [5.74, 6) is 0.283. The Bertz CT molecular complexity index is 582. The Morgan fingerprint density at radius 1 is 1.27 bits per heavy atom. The number of aliphatic hydroxyl groups is 1. The Kier molecular flexibility index (Phi) is 7.56. The lowest BCUT2D eigenvalue weighted by Crippen LogP contribution is -2.43. The summed E-state index contributed by atoms with van der Waals surface area (Å²) in [4.78, 5) is 0.184. The second-order valence-corrected chi connectivity index (χ2v) is 7.89. The number of rotatable bonds is 8. The van der Waals surface area contributed by atoms with Crippen molar-refractivity contribution in [2.24, 2.45) is 5.92 Å². The minimum absolute atomic E-state index is 0.184. The molecule has 0 aliphatic heterocycles. The van der Waals surface area contributed by atoms with E-state index in [9.17, 15) is 13.5 Å². The van der Waals surface area contributed by atoms with Crippen LogP contribution in [0.25, 0.3) is 0 Å². The van der Waals surface area contributed by atoms with Gasteiger partial charge in [-0.2, -0.15) is 4.31 Å². The van der Waals surface area contributed by atoms with Crippen LogP contribution in [0.4, 0.5) is 0 Å². The molecule has 1 atom stereocenters. The molecule has 0 saturated heterocycles. The summed E-state index contributed by atoms with van der Waals surface area (Å²) in [5, 5.41) is 10.1. The predicted molar refractivity (Wildman–Crippen MR) is 90.5 cm³/mol. The van der Waals surface area contributed by atoms with Gasteiger partial charge in [-0.3, -0.25) is 0 Å². The molecule has 124 valence electrons. The largest absolute Gasteiger partial charge is 0.395 e. The van der Waals surface area contributed by atoms with E-state index in [1.807, 2.05) is 20.8 Å². The highest BCUT2D eigenvalue weighted by Crippen LogP contribution is 2.23. The monoisotopic (exact) mass is 345 g/mol. The Hall–Kier alpha value is -0.880. The Morgan fingerprint density at radius 3 is 2.32 bits per heavy atom. The molecule has 1 rings (SSSR count). The van der Waals surface area contributed by atoms with Gasteiger partial charge >= 0.3 is 0 Å². The molecular formula is C16H24ClNO3S. The summed E-state index contributed by atoms with van der Waals surface area (Å²) < 4.78 is 27.1. The second-order valence-electron chi connectivity index (χ2n) is 5.56. The van der Waals surface area contributed by atoms with Crippen molar-refractivity contribution in [3.63, 3.8) is 0 Å². The maximum absolute atomic E-state index is 12.9. The molecule has 6 heteroatoms. The topological polar surface area (TPSA) is 57.6 Å². The summed E-state index contributed by atoms with van der Waals surface area (Å²) in [6.45, 7) is 5.88. The van der Waals surface area contributed by atoms with Crippen molar-refractivity contribution in [3.05, 3.63) is 41.4 Å². The standard InChI is InChI=1S/C16H24ClNO3S/c1-4-5-10-18(15(12-19)11-13(2)3)22(20,21)16-8-6-14(17)7-9-16/h4-9,13,15,19H,10-12H2,1-3H3/b5-4+.